The van der Waals surface area contributed by atoms with Gasteiger partial charge in [-0.05, 0) is 107 Å². The number of carbonyl (C=O) groups is 7. The van der Waals surface area contributed by atoms with E-state index in [-0.39, 0.29) is 90.1 Å². The first kappa shape index (κ1) is 79.8. The van der Waals surface area contributed by atoms with E-state index in [1.807, 2.05) is 77.5 Å². The number of ketones is 1. The standard InChI is InChI=1S/C15H23N3OS.C13H19N3OS.C13H17N3OS.C11H15N3O2S.C11H15N3OS.C11H17N3OS/c1-16-13-14-12(17-10-20-14)8-9-18(15(13)19)11-6-4-2-3-5-7-11;2*1-14-11-12-10(15-8-18-12)6-7-16(13(11)17)9-4-2-3-5-9;1-7(15)5-14-4-3-8-10(17-6-13-8)9(12-2)11(14)16;1-12-9-10-8(13-6-16-10)4-5-14(11(9)15)7-2-3-7;1-3-5-14-6-4-8-10(16-7-13-8)9(12-2)11(14)15/h10-11,13,16H,2-9H2,1H3;8-9,11,14H,2-7H2,1H3;2,4,8-9,11,14H,3,5-7H2,1H3;6,9,12H,3-5H2,1-2H3;6-7,9,12H,2-5H2,1H3;7,9,12H,3-6H2,1-2H3. The first-order valence-corrected chi connectivity index (χ1v) is 43.0. The minimum Gasteiger partial charge on any atom is -0.341 e. The number of fused-ring (bicyclic) bond motifs is 6. The largest absolute Gasteiger partial charge is 0.341 e. The Labute approximate surface area is 642 Å². The average molecular weight is 1550 g/mol. The number of amides is 6. The Morgan fingerprint density at radius 2 is 0.667 bits per heavy atom. The summed E-state index contributed by atoms with van der Waals surface area (Å²) >= 11 is 9.44. The van der Waals surface area contributed by atoms with Crippen LogP contribution in [0.25, 0.3) is 0 Å². The van der Waals surface area contributed by atoms with Crippen LogP contribution < -0.4 is 31.9 Å². The molecule has 31 heteroatoms. The summed E-state index contributed by atoms with van der Waals surface area (Å²) in [5, 5.41) is 18.8. The van der Waals surface area contributed by atoms with Gasteiger partial charge in [0, 0.05) is 102 Å². The van der Waals surface area contributed by atoms with Crippen molar-refractivity contribution in [1.29, 1.82) is 0 Å². The Balaban J connectivity index is 0.000000126. The van der Waals surface area contributed by atoms with E-state index in [9.17, 15) is 33.6 Å². The summed E-state index contributed by atoms with van der Waals surface area (Å²) in [6, 6.07) is 0.348. The van der Waals surface area contributed by atoms with Gasteiger partial charge < -0.3 is 61.3 Å². The smallest absolute Gasteiger partial charge is 0.245 e. The minimum absolute atomic E-state index is 0.00594. The highest BCUT2D eigenvalue weighted by atomic mass is 32.1. The zero-order valence-corrected chi connectivity index (χ0v) is 67.0. The third-order valence-electron chi connectivity index (χ3n) is 21.5. The maximum Gasteiger partial charge on any atom is 0.245 e. The number of carbonyl (C=O) groups excluding carboxylic acids is 7. The van der Waals surface area contributed by atoms with Crippen molar-refractivity contribution in [1.82, 2.24) is 91.2 Å². The van der Waals surface area contributed by atoms with Crippen LogP contribution in [-0.2, 0) is 72.1 Å². The second-order valence-corrected chi connectivity index (χ2v) is 33.4. The summed E-state index contributed by atoms with van der Waals surface area (Å²) in [4.78, 5) is 131. The van der Waals surface area contributed by atoms with Crippen molar-refractivity contribution in [2.24, 2.45) is 0 Å². The molecule has 0 bridgehead atoms. The number of nitrogens with zero attached hydrogens (tertiary/aromatic N) is 12. The van der Waals surface area contributed by atoms with Gasteiger partial charge in [0.25, 0.3) is 0 Å². The van der Waals surface area contributed by atoms with Crippen LogP contribution >= 0.6 is 68.0 Å². The predicted octanol–water partition coefficient (Wildman–Crippen LogP) is 8.28. The molecule has 6 aromatic heterocycles. The highest BCUT2D eigenvalue weighted by Crippen LogP contribution is 2.38. The van der Waals surface area contributed by atoms with Crippen molar-refractivity contribution in [2.75, 3.05) is 94.6 Å². The van der Waals surface area contributed by atoms with E-state index in [0.29, 0.717) is 24.7 Å². The number of likely N-dealkylation sites (N-methyl/N-ethyl adjacent to an activating group) is 6. The molecule has 12 heterocycles. The van der Waals surface area contributed by atoms with Crippen molar-refractivity contribution in [3.8, 4) is 0 Å². The van der Waals surface area contributed by atoms with Gasteiger partial charge in [0.2, 0.25) is 35.4 Å². The van der Waals surface area contributed by atoms with Gasteiger partial charge in [-0.1, -0.05) is 57.6 Å². The third-order valence-corrected chi connectivity index (χ3v) is 27.1. The molecule has 0 saturated heterocycles. The second kappa shape index (κ2) is 38.7. The summed E-state index contributed by atoms with van der Waals surface area (Å²) < 4.78 is 0. The van der Waals surface area contributed by atoms with Crippen LogP contribution in [-0.4, -0.2) is 219 Å². The lowest BCUT2D eigenvalue weighted by molar-refractivity contribution is -0.136. The summed E-state index contributed by atoms with van der Waals surface area (Å²) in [7, 11) is 11.0. The quantitative estimate of drug-likeness (QED) is 0.0442. The van der Waals surface area contributed by atoms with E-state index in [0.717, 1.165) is 160 Å². The zero-order chi connectivity index (χ0) is 74.1. The molecule has 0 aromatic carbocycles. The molecule has 570 valence electrons. The van der Waals surface area contributed by atoms with E-state index in [1.165, 1.54) is 95.3 Å². The molecular weight excluding hydrogens is 1450 g/mol. The number of rotatable bonds is 14. The number of aromatic nitrogens is 6. The van der Waals surface area contributed by atoms with Crippen molar-refractivity contribution < 1.29 is 33.6 Å². The number of Topliss-reactive ketones (excluding diaryl/α,β-unsaturated/α-hetero) is 1. The van der Waals surface area contributed by atoms with Gasteiger partial charge >= 0.3 is 0 Å². The lowest BCUT2D eigenvalue weighted by atomic mass is 10.1. The van der Waals surface area contributed by atoms with Crippen LogP contribution in [0.1, 0.15) is 210 Å². The van der Waals surface area contributed by atoms with Crippen molar-refractivity contribution >= 4 is 109 Å². The maximum atomic E-state index is 12.9. The summed E-state index contributed by atoms with van der Waals surface area (Å²) in [5.41, 5.74) is 17.4. The number of nitrogens with one attached hydrogen (secondary N) is 6. The molecule has 3 fully saturated rings. The lowest BCUT2D eigenvalue weighted by Gasteiger charge is -2.32. The van der Waals surface area contributed by atoms with E-state index in [1.54, 1.807) is 74.1 Å². The molecule has 3 saturated carbocycles. The molecule has 7 atom stereocenters. The van der Waals surface area contributed by atoms with Gasteiger partial charge in [0.05, 0.1) is 109 Å². The topological polar surface area (TPSA) is 288 Å². The van der Waals surface area contributed by atoms with Gasteiger partial charge in [0.15, 0.2) is 0 Å². The fourth-order valence-corrected chi connectivity index (χ4v) is 21.5. The van der Waals surface area contributed by atoms with Crippen LogP contribution in [0.3, 0.4) is 0 Å². The molecule has 105 heavy (non-hydrogen) atoms. The first-order chi connectivity index (χ1) is 51.1. The molecular formula is C74H106N18O7S6. The fraction of sp³-hybridized carbons (Fsp3) is 0.635. The maximum absolute atomic E-state index is 12.9. The highest BCUT2D eigenvalue weighted by Gasteiger charge is 2.42. The predicted molar refractivity (Wildman–Crippen MR) is 416 cm³/mol. The van der Waals surface area contributed by atoms with Crippen molar-refractivity contribution in [3.05, 3.63) is 109 Å². The number of allylic oxidation sites excluding steroid dienone is 1. The SMILES string of the molecule is CCCN1CCc2ncsc2C(NC)C1=O.CNC1C(=O)N(C2C=CCC2)CCc2ncsc21.CNC1C(=O)N(C2CC2)CCc2ncsc21.CNC1C(=O)N(C2CCCC2)CCc2ncsc21.CNC1C(=O)N(C2CCCCCC2)CCc2ncsc21.CNC1C(=O)N(CC(C)=O)CCc2ncsc21. The number of hydrogen-bond acceptors (Lipinski definition) is 25. The number of thiazole rings is 6. The fourth-order valence-electron chi connectivity index (χ4n) is 15.9. The molecule has 4 aliphatic carbocycles. The first-order valence-electron chi connectivity index (χ1n) is 37.7. The molecule has 10 aliphatic rings. The van der Waals surface area contributed by atoms with Gasteiger partial charge in [-0.25, -0.2) is 29.9 Å². The Kier molecular flexibility index (Phi) is 29.4. The van der Waals surface area contributed by atoms with Gasteiger partial charge in [-0.15, -0.1) is 68.0 Å². The van der Waals surface area contributed by atoms with Gasteiger partial charge in [-0.3, -0.25) is 33.6 Å². The minimum atomic E-state index is -0.362. The van der Waals surface area contributed by atoms with E-state index < -0.39 is 0 Å². The second-order valence-electron chi connectivity index (χ2n) is 28.1. The molecule has 6 aliphatic heterocycles. The molecule has 0 spiro atoms. The summed E-state index contributed by atoms with van der Waals surface area (Å²) in [6.45, 7) is 9.26. The Morgan fingerprint density at radius 1 is 0.381 bits per heavy atom. The van der Waals surface area contributed by atoms with Crippen LogP contribution in [0.4, 0.5) is 0 Å². The molecule has 6 N–H and O–H groups in total. The van der Waals surface area contributed by atoms with Crippen LogP contribution in [0.15, 0.2) is 45.2 Å². The van der Waals surface area contributed by atoms with Crippen molar-refractivity contribution in [3.63, 3.8) is 0 Å². The third kappa shape index (κ3) is 19.1. The van der Waals surface area contributed by atoms with Gasteiger partial charge in [-0.2, -0.15) is 0 Å². The van der Waals surface area contributed by atoms with E-state index in [2.05, 4.69) is 90.7 Å². The van der Waals surface area contributed by atoms with E-state index >= 15 is 0 Å². The molecule has 25 nitrogen and oxygen atoms in total. The summed E-state index contributed by atoms with van der Waals surface area (Å²) in [6.07, 6.45) is 27.4. The average Bonchev–Trinajstić information content (AvgIpc) is 1.65. The van der Waals surface area contributed by atoms with Crippen molar-refractivity contribution in [2.45, 2.75) is 209 Å². The summed E-state index contributed by atoms with van der Waals surface area (Å²) in [5.74, 6) is 1.07. The molecule has 6 amide bonds. The molecule has 7 unspecified atom stereocenters. The zero-order valence-electron chi connectivity index (χ0n) is 62.1. The van der Waals surface area contributed by atoms with Crippen LogP contribution in [0.5, 0.6) is 0 Å². The van der Waals surface area contributed by atoms with Crippen LogP contribution in [0, 0.1) is 0 Å². The Hall–Kier alpha value is -6.23. The Morgan fingerprint density at radius 3 is 0.971 bits per heavy atom. The normalized spacial score (nSPS) is 24.1. The highest BCUT2D eigenvalue weighted by molar-refractivity contribution is 7.11. The van der Waals surface area contributed by atoms with Gasteiger partial charge in [0.1, 0.15) is 42.0 Å². The monoisotopic (exact) mass is 1550 g/mol. The van der Waals surface area contributed by atoms with E-state index in [4.69, 9.17) is 0 Å². The van der Waals surface area contributed by atoms with Crippen LogP contribution in [0.2, 0.25) is 0 Å². The number of hydrogen-bond donors (Lipinski definition) is 6. The Bertz CT molecular complexity index is 3890. The molecule has 16 rings (SSSR count). The molecule has 6 aromatic rings. The molecule has 0 radical (unpaired) electrons. The lowest BCUT2D eigenvalue weighted by Crippen LogP contribution is -2.45.